The molecule has 0 atom stereocenters. The summed E-state index contributed by atoms with van der Waals surface area (Å²) in [5.74, 6) is -1.02. The van der Waals surface area contributed by atoms with Crippen molar-refractivity contribution in [2.24, 2.45) is 0 Å². The fraction of sp³-hybridized carbons (Fsp3) is 0.520. The lowest BCUT2D eigenvalue weighted by atomic mass is 9.75. The highest BCUT2D eigenvalue weighted by Crippen LogP contribution is 2.38. The second-order valence-corrected chi connectivity index (χ2v) is 7.68. The van der Waals surface area contributed by atoms with Gasteiger partial charge >= 0.3 is 17.9 Å². The summed E-state index contributed by atoms with van der Waals surface area (Å²) in [4.78, 5) is 54.3. The molecule has 1 N–H and O–H groups in total. The minimum absolute atomic E-state index is 0.0577. The van der Waals surface area contributed by atoms with Crippen LogP contribution in [0.1, 0.15) is 52.1 Å². The second-order valence-electron chi connectivity index (χ2n) is 7.68. The van der Waals surface area contributed by atoms with Crippen LogP contribution in [-0.2, 0) is 34.0 Å². The van der Waals surface area contributed by atoms with Crippen molar-refractivity contribution in [1.29, 1.82) is 0 Å². The molecule has 0 saturated carbocycles. The number of H-pyrrole nitrogens is 1. The topological polar surface area (TPSA) is 130 Å². The number of carbonyl (C=O) groups excluding carboxylic acids is 3. The van der Waals surface area contributed by atoms with Crippen molar-refractivity contribution in [3.63, 3.8) is 0 Å². The molecule has 1 aromatic carbocycles. The van der Waals surface area contributed by atoms with Crippen LogP contribution >= 0.6 is 0 Å². The Hall–Kier alpha value is -3.56. The predicted molar refractivity (Wildman–Crippen MR) is 128 cm³/mol. The second kappa shape index (κ2) is 12.8. The molecule has 0 saturated heterocycles. The van der Waals surface area contributed by atoms with Crippen LogP contribution in [0.15, 0.2) is 23.0 Å². The number of nitrogens with one attached hydrogen (secondary N) is 1. The Balaban J connectivity index is 2.76. The van der Waals surface area contributed by atoms with Crippen LogP contribution in [0.5, 0.6) is 11.5 Å². The highest BCUT2D eigenvalue weighted by molar-refractivity contribution is 5.92. The third-order valence-corrected chi connectivity index (χ3v) is 5.65. The summed E-state index contributed by atoms with van der Waals surface area (Å²) < 4.78 is 26.2. The summed E-state index contributed by atoms with van der Waals surface area (Å²) in [7, 11) is 2.89. The van der Waals surface area contributed by atoms with E-state index in [9.17, 15) is 19.2 Å². The predicted octanol–water partition coefficient (Wildman–Crippen LogP) is 3.03. The zero-order valence-electron chi connectivity index (χ0n) is 20.9. The molecule has 0 radical (unpaired) electrons. The number of aromatic nitrogens is 1. The summed E-state index contributed by atoms with van der Waals surface area (Å²) in [5, 5.41) is 0.240. The normalized spacial score (nSPS) is 11.1. The van der Waals surface area contributed by atoms with Crippen molar-refractivity contribution in [2.45, 2.75) is 51.9 Å². The Labute approximate surface area is 203 Å². The summed E-state index contributed by atoms with van der Waals surface area (Å²) in [5.41, 5.74) is -1.45. The zero-order valence-corrected chi connectivity index (χ0v) is 20.9. The quantitative estimate of drug-likeness (QED) is 0.332. The monoisotopic (exact) mass is 491 g/mol. The van der Waals surface area contributed by atoms with E-state index in [0.717, 1.165) is 0 Å². The van der Waals surface area contributed by atoms with E-state index in [-0.39, 0.29) is 56.6 Å². The van der Waals surface area contributed by atoms with Gasteiger partial charge in [-0.25, -0.2) is 0 Å². The van der Waals surface area contributed by atoms with E-state index in [1.54, 1.807) is 32.9 Å². The number of ether oxygens (including phenoxy) is 5. The number of carbonyl (C=O) groups is 3. The van der Waals surface area contributed by atoms with Crippen molar-refractivity contribution in [1.82, 2.24) is 4.98 Å². The molecule has 0 amide bonds. The average molecular weight is 492 g/mol. The summed E-state index contributed by atoms with van der Waals surface area (Å²) >= 11 is 0. The number of benzene rings is 1. The van der Waals surface area contributed by atoms with Gasteiger partial charge in [-0.15, -0.1) is 0 Å². The van der Waals surface area contributed by atoms with E-state index < -0.39 is 28.8 Å². The number of esters is 3. The Morgan fingerprint density at radius 2 is 1.34 bits per heavy atom. The Bertz CT molecular complexity index is 1080. The van der Waals surface area contributed by atoms with Gasteiger partial charge in [0.1, 0.15) is 16.9 Å². The summed E-state index contributed by atoms with van der Waals surface area (Å²) in [6, 6.07) is 4.51. The van der Waals surface area contributed by atoms with Gasteiger partial charge in [0.2, 0.25) is 0 Å². The number of rotatable bonds is 13. The van der Waals surface area contributed by atoms with Gasteiger partial charge in [-0.3, -0.25) is 19.2 Å². The molecule has 1 aromatic heterocycles. The molecule has 10 heteroatoms. The zero-order chi connectivity index (χ0) is 26.0. The molecular weight excluding hydrogens is 458 g/mol. The van der Waals surface area contributed by atoms with Gasteiger partial charge in [-0.05, 0) is 45.7 Å². The van der Waals surface area contributed by atoms with Crippen molar-refractivity contribution in [3.8, 4) is 11.5 Å². The largest absolute Gasteiger partial charge is 0.496 e. The van der Waals surface area contributed by atoms with Gasteiger partial charge in [0.05, 0.1) is 44.9 Å². The van der Waals surface area contributed by atoms with E-state index in [1.165, 1.54) is 20.3 Å². The lowest BCUT2D eigenvalue weighted by Gasteiger charge is -2.31. The minimum Gasteiger partial charge on any atom is -0.496 e. The maximum absolute atomic E-state index is 13.4. The maximum atomic E-state index is 13.4. The first-order valence-electron chi connectivity index (χ1n) is 11.5. The third kappa shape index (κ3) is 6.32. The molecule has 0 bridgehead atoms. The smallest absolute Gasteiger partial charge is 0.318 e. The SMILES string of the molecule is CCOC(=O)CCC(CCC(=O)OCC)(C(=O)OCC)c1cc(=O)c2c(OC)ccc(OC)c2[nH]1. The molecule has 1 heterocycles. The lowest BCUT2D eigenvalue weighted by molar-refractivity contribution is -0.153. The molecule has 10 nitrogen and oxygen atoms in total. The van der Waals surface area contributed by atoms with Gasteiger partial charge in [0, 0.05) is 24.6 Å². The van der Waals surface area contributed by atoms with Crippen LogP contribution < -0.4 is 14.9 Å². The molecule has 0 aliphatic heterocycles. The van der Waals surface area contributed by atoms with Crippen LogP contribution in [0, 0.1) is 0 Å². The summed E-state index contributed by atoms with van der Waals surface area (Å²) in [6.45, 7) is 5.43. The molecule has 2 aromatic rings. The van der Waals surface area contributed by atoms with Crippen LogP contribution in [0.25, 0.3) is 10.9 Å². The fourth-order valence-corrected chi connectivity index (χ4v) is 3.98. The molecule has 0 aliphatic rings. The molecule has 0 unspecified atom stereocenters. The van der Waals surface area contributed by atoms with Crippen molar-refractivity contribution >= 4 is 28.8 Å². The number of fused-ring (bicyclic) bond motifs is 1. The van der Waals surface area contributed by atoms with Crippen molar-refractivity contribution in [2.75, 3.05) is 34.0 Å². The first-order chi connectivity index (χ1) is 16.8. The third-order valence-electron chi connectivity index (χ3n) is 5.65. The van der Waals surface area contributed by atoms with E-state index in [0.29, 0.717) is 17.0 Å². The Morgan fingerprint density at radius 1 is 0.829 bits per heavy atom. The highest BCUT2D eigenvalue weighted by Gasteiger charge is 2.44. The standard InChI is InChI=1S/C25H33NO9/c1-6-33-20(28)11-13-25(24(30)35-8-3,14-12-21(29)34-7-2)19-15-16(27)22-17(31-4)9-10-18(32-5)23(22)26-19/h9-10,15H,6-8,11-14H2,1-5H3,(H,26,27). The van der Waals surface area contributed by atoms with Gasteiger partial charge in [-0.2, -0.15) is 0 Å². The van der Waals surface area contributed by atoms with Crippen molar-refractivity contribution < 1.29 is 38.1 Å². The number of pyridine rings is 1. The van der Waals surface area contributed by atoms with E-state index in [1.807, 2.05) is 0 Å². The van der Waals surface area contributed by atoms with Gasteiger partial charge in [0.15, 0.2) is 5.43 Å². The molecule has 0 aliphatic carbocycles. The first kappa shape index (κ1) is 27.7. The summed E-state index contributed by atoms with van der Waals surface area (Å²) in [6.07, 6.45) is -0.384. The lowest BCUT2D eigenvalue weighted by Crippen LogP contribution is -2.40. The van der Waals surface area contributed by atoms with E-state index in [4.69, 9.17) is 23.7 Å². The molecule has 35 heavy (non-hydrogen) atoms. The van der Waals surface area contributed by atoms with Gasteiger partial charge in [-0.1, -0.05) is 0 Å². The van der Waals surface area contributed by atoms with Crippen LogP contribution in [0.3, 0.4) is 0 Å². The molecule has 192 valence electrons. The van der Waals surface area contributed by atoms with Crippen molar-refractivity contribution in [3.05, 3.63) is 34.1 Å². The highest BCUT2D eigenvalue weighted by atomic mass is 16.5. The molecule has 2 rings (SSSR count). The fourth-order valence-electron chi connectivity index (χ4n) is 3.98. The number of hydrogen-bond donors (Lipinski definition) is 1. The Morgan fingerprint density at radius 3 is 1.83 bits per heavy atom. The van der Waals surface area contributed by atoms with E-state index >= 15 is 0 Å². The van der Waals surface area contributed by atoms with E-state index in [2.05, 4.69) is 4.98 Å². The minimum atomic E-state index is -1.53. The van der Waals surface area contributed by atoms with Gasteiger partial charge < -0.3 is 28.7 Å². The average Bonchev–Trinajstić information content (AvgIpc) is 2.84. The Kier molecular flexibility index (Phi) is 10.1. The van der Waals surface area contributed by atoms with Gasteiger partial charge in [0.25, 0.3) is 0 Å². The molecular formula is C25H33NO9. The number of aromatic amines is 1. The molecule has 0 spiro atoms. The van der Waals surface area contributed by atoms with Crippen LogP contribution in [0.2, 0.25) is 0 Å². The maximum Gasteiger partial charge on any atom is 0.318 e. The number of hydrogen-bond acceptors (Lipinski definition) is 9. The number of methoxy groups -OCH3 is 2. The van der Waals surface area contributed by atoms with Crippen LogP contribution in [-0.4, -0.2) is 56.9 Å². The molecule has 0 fully saturated rings. The van der Waals surface area contributed by atoms with Crippen LogP contribution in [0.4, 0.5) is 0 Å². The first-order valence-corrected chi connectivity index (χ1v) is 11.5.